The van der Waals surface area contributed by atoms with Gasteiger partial charge in [-0.05, 0) is 29.8 Å². The van der Waals surface area contributed by atoms with Crippen LogP contribution in [0.25, 0.3) is 10.9 Å². The monoisotopic (exact) mass is 386 g/mol. The molecular weight excluding hydrogens is 372 g/mol. The number of halogens is 1. The highest BCUT2D eigenvalue weighted by Gasteiger charge is 2.07. The van der Waals surface area contributed by atoms with Crippen molar-refractivity contribution in [1.29, 1.82) is 0 Å². The molecule has 1 amide bonds. The topological polar surface area (TPSA) is 76.9 Å². The highest BCUT2D eigenvalue weighted by Crippen LogP contribution is 2.14. The Morgan fingerprint density at radius 2 is 2.17 bits per heavy atom. The van der Waals surface area contributed by atoms with Crippen LogP contribution in [-0.4, -0.2) is 20.4 Å². The van der Waals surface area contributed by atoms with Crippen molar-refractivity contribution in [3.05, 3.63) is 69.4 Å². The average Bonchev–Trinajstić information content (AvgIpc) is 2.61. The molecule has 0 fully saturated rings. The molecule has 0 bridgehead atoms. The number of rotatable bonds is 5. The van der Waals surface area contributed by atoms with E-state index in [1.807, 2.05) is 18.2 Å². The zero-order chi connectivity index (χ0) is 16.9. The standard InChI is InChI=1S/C17H15BrN4O2/c18-13-3-4-15-14(8-13)17(24)22(11-21-15)7-5-16(23)20-10-12-2-1-6-19-9-12/h1-4,6,8-9,11H,5,7,10H2,(H,20,23). The van der Waals surface area contributed by atoms with E-state index in [9.17, 15) is 9.59 Å². The van der Waals surface area contributed by atoms with Crippen molar-refractivity contribution in [3.8, 4) is 0 Å². The van der Waals surface area contributed by atoms with Crippen LogP contribution in [0.4, 0.5) is 0 Å². The molecule has 1 aromatic carbocycles. The van der Waals surface area contributed by atoms with Crippen molar-refractivity contribution in [1.82, 2.24) is 19.9 Å². The molecule has 0 aliphatic heterocycles. The first kappa shape index (κ1) is 16.3. The van der Waals surface area contributed by atoms with E-state index in [4.69, 9.17) is 0 Å². The second-order valence-corrected chi connectivity index (χ2v) is 6.21. The molecule has 24 heavy (non-hydrogen) atoms. The van der Waals surface area contributed by atoms with Gasteiger partial charge in [-0.15, -0.1) is 0 Å². The Morgan fingerprint density at radius 3 is 2.96 bits per heavy atom. The number of carbonyl (C=O) groups excluding carboxylic acids is 1. The smallest absolute Gasteiger partial charge is 0.261 e. The molecule has 6 nitrogen and oxygen atoms in total. The number of benzene rings is 1. The normalized spacial score (nSPS) is 10.7. The summed E-state index contributed by atoms with van der Waals surface area (Å²) >= 11 is 3.35. The number of carbonyl (C=O) groups is 1. The number of pyridine rings is 1. The summed E-state index contributed by atoms with van der Waals surface area (Å²) in [5.41, 5.74) is 1.42. The Morgan fingerprint density at radius 1 is 1.29 bits per heavy atom. The Bertz CT molecular complexity index is 925. The summed E-state index contributed by atoms with van der Waals surface area (Å²) in [6.07, 6.45) is 5.08. The SMILES string of the molecule is O=C(CCn1cnc2ccc(Br)cc2c1=O)NCc1cccnc1. The van der Waals surface area contributed by atoms with E-state index in [-0.39, 0.29) is 24.4 Å². The quantitative estimate of drug-likeness (QED) is 0.729. The lowest BCUT2D eigenvalue weighted by Gasteiger charge is -2.08. The van der Waals surface area contributed by atoms with Crippen molar-refractivity contribution in [3.63, 3.8) is 0 Å². The molecule has 0 unspecified atom stereocenters. The largest absolute Gasteiger partial charge is 0.352 e. The summed E-state index contributed by atoms with van der Waals surface area (Å²) in [6.45, 7) is 0.706. The lowest BCUT2D eigenvalue weighted by molar-refractivity contribution is -0.121. The molecule has 0 saturated carbocycles. The molecule has 0 aliphatic rings. The van der Waals surface area contributed by atoms with Gasteiger partial charge in [0.25, 0.3) is 5.56 Å². The third-order valence-electron chi connectivity index (χ3n) is 3.58. The maximum Gasteiger partial charge on any atom is 0.261 e. The molecule has 3 aromatic rings. The molecular formula is C17H15BrN4O2. The van der Waals surface area contributed by atoms with Crippen molar-refractivity contribution < 1.29 is 4.79 Å². The van der Waals surface area contributed by atoms with Crippen LogP contribution in [0.3, 0.4) is 0 Å². The lowest BCUT2D eigenvalue weighted by atomic mass is 10.2. The summed E-state index contributed by atoms with van der Waals surface area (Å²) in [6, 6.07) is 9.07. The van der Waals surface area contributed by atoms with Crippen LogP contribution in [0.2, 0.25) is 0 Å². The Kier molecular flexibility index (Phi) is 5.00. The van der Waals surface area contributed by atoms with E-state index in [2.05, 4.69) is 31.2 Å². The molecule has 0 radical (unpaired) electrons. The van der Waals surface area contributed by atoms with Gasteiger partial charge >= 0.3 is 0 Å². The van der Waals surface area contributed by atoms with E-state index >= 15 is 0 Å². The lowest BCUT2D eigenvalue weighted by Crippen LogP contribution is -2.27. The summed E-state index contributed by atoms with van der Waals surface area (Å²) in [5, 5.41) is 3.34. The molecule has 3 rings (SSSR count). The summed E-state index contributed by atoms with van der Waals surface area (Å²) in [5.74, 6) is -0.125. The predicted molar refractivity (Wildman–Crippen MR) is 94.4 cm³/mol. The molecule has 0 spiro atoms. The van der Waals surface area contributed by atoms with Crippen LogP contribution in [0, 0.1) is 0 Å². The van der Waals surface area contributed by atoms with Gasteiger partial charge < -0.3 is 5.32 Å². The fourth-order valence-electron chi connectivity index (χ4n) is 2.30. The van der Waals surface area contributed by atoms with Crippen LogP contribution in [-0.2, 0) is 17.9 Å². The van der Waals surface area contributed by atoms with Crippen molar-refractivity contribution in [2.24, 2.45) is 0 Å². The minimum absolute atomic E-state index is 0.125. The number of amides is 1. The highest BCUT2D eigenvalue weighted by molar-refractivity contribution is 9.10. The number of hydrogen-bond acceptors (Lipinski definition) is 4. The third-order valence-corrected chi connectivity index (χ3v) is 4.07. The first-order valence-corrected chi connectivity index (χ1v) is 8.23. The van der Waals surface area contributed by atoms with E-state index in [1.165, 1.54) is 10.9 Å². The molecule has 7 heteroatoms. The molecule has 1 N–H and O–H groups in total. The van der Waals surface area contributed by atoms with Crippen LogP contribution >= 0.6 is 15.9 Å². The Hall–Kier alpha value is -2.54. The van der Waals surface area contributed by atoms with Gasteiger partial charge in [-0.3, -0.25) is 19.1 Å². The van der Waals surface area contributed by atoms with Gasteiger partial charge in [-0.25, -0.2) is 4.98 Å². The van der Waals surface area contributed by atoms with E-state index in [0.29, 0.717) is 17.4 Å². The minimum Gasteiger partial charge on any atom is -0.352 e. The number of nitrogens with one attached hydrogen (secondary N) is 1. The van der Waals surface area contributed by atoms with E-state index in [0.717, 1.165) is 10.0 Å². The second kappa shape index (κ2) is 7.35. The first-order valence-electron chi connectivity index (χ1n) is 7.44. The third kappa shape index (κ3) is 3.86. The van der Waals surface area contributed by atoms with Gasteiger partial charge in [-0.1, -0.05) is 22.0 Å². The molecule has 2 aromatic heterocycles. The second-order valence-electron chi connectivity index (χ2n) is 5.29. The van der Waals surface area contributed by atoms with Crippen LogP contribution in [0.1, 0.15) is 12.0 Å². The zero-order valence-corrected chi connectivity index (χ0v) is 14.4. The Balaban J connectivity index is 1.64. The highest BCUT2D eigenvalue weighted by atomic mass is 79.9. The molecule has 0 atom stereocenters. The van der Waals surface area contributed by atoms with Gasteiger partial charge in [0.1, 0.15) is 0 Å². The molecule has 122 valence electrons. The fraction of sp³-hybridized carbons (Fsp3) is 0.176. The van der Waals surface area contributed by atoms with Crippen molar-refractivity contribution in [2.75, 3.05) is 0 Å². The number of hydrogen-bond donors (Lipinski definition) is 1. The summed E-state index contributed by atoms with van der Waals surface area (Å²) < 4.78 is 2.28. The first-order chi connectivity index (χ1) is 11.6. The van der Waals surface area contributed by atoms with Crippen LogP contribution in [0.5, 0.6) is 0 Å². The van der Waals surface area contributed by atoms with E-state index in [1.54, 1.807) is 24.5 Å². The number of fused-ring (bicyclic) bond motifs is 1. The molecule has 0 aliphatic carbocycles. The van der Waals surface area contributed by atoms with Crippen LogP contribution in [0.15, 0.2) is 58.3 Å². The van der Waals surface area contributed by atoms with Crippen molar-refractivity contribution >= 4 is 32.7 Å². The number of nitrogens with zero attached hydrogens (tertiary/aromatic N) is 3. The van der Waals surface area contributed by atoms with Crippen LogP contribution < -0.4 is 10.9 Å². The summed E-state index contributed by atoms with van der Waals surface area (Å²) in [7, 11) is 0. The van der Waals surface area contributed by atoms with Gasteiger partial charge in [-0.2, -0.15) is 0 Å². The molecule has 0 saturated heterocycles. The minimum atomic E-state index is -0.152. The predicted octanol–water partition coefficient (Wildman–Crippen LogP) is 2.26. The van der Waals surface area contributed by atoms with Gasteiger partial charge in [0, 0.05) is 36.4 Å². The fourth-order valence-corrected chi connectivity index (χ4v) is 2.67. The summed E-state index contributed by atoms with van der Waals surface area (Å²) in [4.78, 5) is 32.6. The zero-order valence-electron chi connectivity index (χ0n) is 12.8. The Labute approximate surface area is 146 Å². The van der Waals surface area contributed by atoms with Crippen molar-refractivity contribution in [2.45, 2.75) is 19.5 Å². The maximum atomic E-state index is 12.4. The maximum absolute atomic E-state index is 12.4. The number of aryl methyl sites for hydroxylation is 1. The van der Waals surface area contributed by atoms with Gasteiger partial charge in [0.2, 0.25) is 5.91 Å². The number of aromatic nitrogens is 3. The average molecular weight is 387 g/mol. The van der Waals surface area contributed by atoms with E-state index < -0.39 is 0 Å². The molecule has 2 heterocycles. The van der Waals surface area contributed by atoms with Gasteiger partial charge in [0.05, 0.1) is 17.2 Å². The van der Waals surface area contributed by atoms with Gasteiger partial charge in [0.15, 0.2) is 0 Å².